The number of ether oxygens (including phenoxy) is 2. The van der Waals surface area contributed by atoms with Gasteiger partial charge in [-0.05, 0) is 6.92 Å². The van der Waals surface area contributed by atoms with Crippen LogP contribution in [0.15, 0.2) is 12.7 Å². The molecule has 0 heterocycles. The van der Waals surface area contributed by atoms with Crippen molar-refractivity contribution >= 4 is 5.97 Å². The molecule has 12 heavy (non-hydrogen) atoms. The number of carbonyl (C=O) groups excluding carboxylic acids is 1. The van der Waals surface area contributed by atoms with E-state index < -0.39 is 12.1 Å². The van der Waals surface area contributed by atoms with Crippen LogP contribution in [0.5, 0.6) is 0 Å². The molecule has 0 unspecified atom stereocenters. The van der Waals surface area contributed by atoms with Crippen molar-refractivity contribution in [2.24, 2.45) is 0 Å². The van der Waals surface area contributed by atoms with Crippen molar-refractivity contribution in [2.45, 2.75) is 13.0 Å². The Bertz CT molecular complexity index is 195. The minimum Gasteiger partial charge on any atom is -0.459 e. The Morgan fingerprint density at radius 1 is 1.83 bits per heavy atom. The van der Waals surface area contributed by atoms with Gasteiger partial charge in [-0.25, -0.2) is 4.79 Å². The maximum absolute atomic E-state index is 10.5. The van der Waals surface area contributed by atoms with E-state index in [9.17, 15) is 4.79 Å². The van der Waals surface area contributed by atoms with Crippen LogP contribution in [-0.2, 0) is 14.3 Å². The molecular formula is C8H11NO3. The van der Waals surface area contributed by atoms with E-state index in [1.54, 1.807) is 6.92 Å². The van der Waals surface area contributed by atoms with E-state index in [1.165, 1.54) is 0 Å². The predicted molar refractivity (Wildman–Crippen MR) is 42.2 cm³/mol. The number of carbonyl (C=O) groups is 1. The third-order valence-corrected chi connectivity index (χ3v) is 1.06. The van der Waals surface area contributed by atoms with Gasteiger partial charge in [0.25, 0.3) is 0 Å². The number of nitrogens with zero attached hydrogens (tertiary/aromatic N) is 1. The minimum absolute atomic E-state index is 0.0464. The van der Waals surface area contributed by atoms with Gasteiger partial charge in [-0.2, -0.15) is 5.26 Å². The molecule has 66 valence electrons. The molecule has 0 aromatic rings. The quantitative estimate of drug-likeness (QED) is 0.447. The molecule has 0 aliphatic heterocycles. The number of nitriles is 1. The molecule has 0 radical (unpaired) electrons. The Balaban J connectivity index is 3.66. The Morgan fingerprint density at radius 2 is 2.50 bits per heavy atom. The fraction of sp³-hybridized carbons (Fsp3) is 0.500. The normalized spacial score (nSPS) is 11.3. The highest BCUT2D eigenvalue weighted by molar-refractivity contribution is 5.81. The zero-order valence-electron chi connectivity index (χ0n) is 6.95. The molecular weight excluding hydrogens is 158 g/mol. The van der Waals surface area contributed by atoms with Crippen molar-refractivity contribution in [2.75, 3.05) is 13.2 Å². The van der Waals surface area contributed by atoms with Crippen molar-refractivity contribution in [3.63, 3.8) is 0 Å². The minimum atomic E-state index is -0.682. The topological polar surface area (TPSA) is 59.3 Å². The molecule has 0 N–H and O–H groups in total. The van der Waals surface area contributed by atoms with Gasteiger partial charge >= 0.3 is 5.97 Å². The van der Waals surface area contributed by atoms with Crippen molar-refractivity contribution in [3.05, 3.63) is 12.7 Å². The molecule has 0 saturated heterocycles. The summed E-state index contributed by atoms with van der Waals surface area (Å²) in [5.41, 5.74) is 0. The molecule has 0 aromatic carbocycles. The second-order valence-corrected chi connectivity index (χ2v) is 1.91. The third-order valence-electron chi connectivity index (χ3n) is 1.06. The van der Waals surface area contributed by atoms with Crippen LogP contribution >= 0.6 is 0 Å². The summed E-state index contributed by atoms with van der Waals surface area (Å²) in [6, 6.07) is 1.85. The lowest BCUT2D eigenvalue weighted by Gasteiger charge is -2.07. The zero-order chi connectivity index (χ0) is 9.40. The van der Waals surface area contributed by atoms with E-state index >= 15 is 0 Å². The average Bonchev–Trinajstić information content (AvgIpc) is 2.11. The fourth-order valence-corrected chi connectivity index (χ4v) is 0.541. The van der Waals surface area contributed by atoms with Crippen molar-refractivity contribution in [1.82, 2.24) is 0 Å². The molecule has 4 nitrogen and oxygen atoms in total. The first-order valence-corrected chi connectivity index (χ1v) is 3.55. The molecule has 0 saturated carbocycles. The summed E-state index contributed by atoms with van der Waals surface area (Å²) in [6.45, 7) is 5.35. The van der Waals surface area contributed by atoms with Gasteiger partial charge in [0.05, 0.1) is 6.07 Å². The van der Waals surface area contributed by atoms with Gasteiger partial charge in [-0.15, -0.1) is 0 Å². The first-order chi connectivity index (χ1) is 5.74. The van der Waals surface area contributed by atoms with Crippen LogP contribution < -0.4 is 0 Å². The number of hydrogen-bond acceptors (Lipinski definition) is 4. The molecule has 0 spiro atoms. The van der Waals surface area contributed by atoms with Gasteiger partial charge in [0, 0.05) is 12.7 Å². The summed E-state index contributed by atoms with van der Waals surface area (Å²) in [5.74, 6) is -0.546. The molecule has 0 bridgehead atoms. The number of esters is 1. The van der Waals surface area contributed by atoms with Crippen LogP contribution in [0, 0.1) is 11.3 Å². The Kier molecular flexibility index (Phi) is 5.66. The van der Waals surface area contributed by atoms with E-state index in [2.05, 4.69) is 11.3 Å². The molecule has 0 aliphatic rings. The smallest absolute Gasteiger partial charge is 0.330 e. The van der Waals surface area contributed by atoms with Crippen molar-refractivity contribution < 1.29 is 14.3 Å². The van der Waals surface area contributed by atoms with Crippen LogP contribution in [0.25, 0.3) is 0 Å². The zero-order valence-corrected chi connectivity index (χ0v) is 6.95. The van der Waals surface area contributed by atoms with Gasteiger partial charge in [0.15, 0.2) is 6.10 Å². The van der Waals surface area contributed by atoms with Gasteiger partial charge in [0.2, 0.25) is 0 Å². The molecule has 0 aromatic heterocycles. The fourth-order valence-electron chi connectivity index (χ4n) is 0.541. The largest absolute Gasteiger partial charge is 0.459 e. The lowest BCUT2D eigenvalue weighted by molar-refractivity contribution is -0.140. The standard InChI is InChI=1S/C8H11NO3/c1-3-8(10)12-6-7(5-9)11-4-2/h3,7H,1,4,6H2,2H3/t7-/m1/s1. The first-order valence-electron chi connectivity index (χ1n) is 3.55. The Labute approximate surface area is 71.4 Å². The van der Waals surface area contributed by atoms with Gasteiger partial charge in [-0.1, -0.05) is 6.58 Å². The van der Waals surface area contributed by atoms with E-state index in [0.29, 0.717) is 6.61 Å². The highest BCUT2D eigenvalue weighted by Crippen LogP contribution is 1.92. The van der Waals surface area contributed by atoms with E-state index in [1.807, 2.05) is 6.07 Å². The third kappa shape index (κ3) is 4.47. The molecule has 0 amide bonds. The predicted octanol–water partition coefficient (Wildman–Crippen LogP) is 0.644. The lowest BCUT2D eigenvalue weighted by Crippen LogP contribution is -2.19. The van der Waals surface area contributed by atoms with Crippen LogP contribution in [-0.4, -0.2) is 25.3 Å². The summed E-state index contributed by atoms with van der Waals surface area (Å²) in [7, 11) is 0. The van der Waals surface area contributed by atoms with Crippen molar-refractivity contribution in [3.8, 4) is 6.07 Å². The van der Waals surface area contributed by atoms with Crippen LogP contribution in [0.2, 0.25) is 0 Å². The van der Waals surface area contributed by atoms with Crippen LogP contribution in [0.3, 0.4) is 0 Å². The molecule has 4 heteroatoms. The maximum atomic E-state index is 10.5. The highest BCUT2D eigenvalue weighted by Gasteiger charge is 2.08. The maximum Gasteiger partial charge on any atom is 0.330 e. The average molecular weight is 169 g/mol. The summed E-state index contributed by atoms with van der Waals surface area (Å²) in [6.07, 6.45) is 0.360. The second-order valence-electron chi connectivity index (χ2n) is 1.91. The SMILES string of the molecule is C=CC(=O)OC[C@@H](C#N)OCC. The molecule has 1 atom stereocenters. The monoisotopic (exact) mass is 169 g/mol. The highest BCUT2D eigenvalue weighted by atomic mass is 16.6. The van der Waals surface area contributed by atoms with E-state index in [4.69, 9.17) is 10.00 Å². The van der Waals surface area contributed by atoms with Gasteiger partial charge < -0.3 is 9.47 Å². The summed E-state index contributed by atoms with van der Waals surface area (Å²) >= 11 is 0. The Hall–Kier alpha value is -1.34. The van der Waals surface area contributed by atoms with Crippen molar-refractivity contribution in [1.29, 1.82) is 5.26 Å². The number of rotatable bonds is 5. The van der Waals surface area contributed by atoms with Gasteiger partial charge in [0.1, 0.15) is 6.61 Å². The van der Waals surface area contributed by atoms with E-state index in [0.717, 1.165) is 6.08 Å². The summed E-state index contributed by atoms with van der Waals surface area (Å²) < 4.78 is 9.51. The van der Waals surface area contributed by atoms with Crippen LogP contribution in [0.4, 0.5) is 0 Å². The molecule has 0 aliphatic carbocycles. The van der Waals surface area contributed by atoms with E-state index in [-0.39, 0.29) is 6.61 Å². The molecule has 0 fully saturated rings. The van der Waals surface area contributed by atoms with Crippen LogP contribution in [0.1, 0.15) is 6.92 Å². The number of hydrogen-bond donors (Lipinski definition) is 0. The summed E-state index contributed by atoms with van der Waals surface area (Å²) in [4.78, 5) is 10.5. The van der Waals surface area contributed by atoms with Gasteiger partial charge in [-0.3, -0.25) is 0 Å². The summed E-state index contributed by atoms with van der Waals surface area (Å²) in [5, 5.41) is 8.45. The first kappa shape index (κ1) is 10.7. The Morgan fingerprint density at radius 3 is 2.92 bits per heavy atom. The molecule has 0 rings (SSSR count). The lowest BCUT2D eigenvalue weighted by atomic mass is 10.4. The second kappa shape index (κ2) is 6.38.